The van der Waals surface area contributed by atoms with Crippen molar-refractivity contribution in [3.05, 3.63) is 47.5 Å². The summed E-state index contributed by atoms with van der Waals surface area (Å²) in [6.07, 6.45) is 20.2. The predicted octanol–water partition coefficient (Wildman–Crippen LogP) is 7.36. The summed E-state index contributed by atoms with van der Waals surface area (Å²) in [4.78, 5) is 36.5. The van der Waals surface area contributed by atoms with E-state index in [1.807, 2.05) is 0 Å². The number of carbonyl (C=O) groups excluding carboxylic acids is 2. The van der Waals surface area contributed by atoms with E-state index in [9.17, 15) is 24.6 Å². The summed E-state index contributed by atoms with van der Waals surface area (Å²) in [5, 5.41) is 22.9. The first kappa shape index (κ1) is 35.6. The molecule has 0 aliphatic carbocycles. The van der Waals surface area contributed by atoms with Crippen LogP contribution in [0.1, 0.15) is 128 Å². The topological polar surface area (TPSA) is 104 Å². The highest BCUT2D eigenvalue weighted by molar-refractivity contribution is 5.90. The van der Waals surface area contributed by atoms with Gasteiger partial charge in [0.05, 0.1) is 5.92 Å². The third-order valence-electron chi connectivity index (χ3n) is 7.59. The van der Waals surface area contributed by atoms with Crippen molar-refractivity contribution >= 4 is 17.7 Å². The Bertz CT molecular complexity index is 875. The number of amides is 1. The Labute approximate surface area is 243 Å². The quantitative estimate of drug-likeness (QED) is 0.0910. The van der Waals surface area contributed by atoms with Crippen LogP contribution in [0.25, 0.3) is 0 Å². The van der Waals surface area contributed by atoms with Crippen molar-refractivity contribution in [3.63, 3.8) is 0 Å². The number of unbranched alkanes of at least 4 members (excludes halogenated alkanes) is 10. The first-order valence-electron chi connectivity index (χ1n) is 15.7. The van der Waals surface area contributed by atoms with Crippen molar-refractivity contribution in [1.29, 1.82) is 0 Å². The fourth-order valence-electron chi connectivity index (χ4n) is 4.78. The molecule has 6 heteroatoms. The number of hydrogen-bond donors (Lipinski definition) is 3. The number of aliphatic hydroxyl groups is 1. The molecule has 0 unspecified atom stereocenters. The Morgan fingerprint density at radius 1 is 0.800 bits per heavy atom. The minimum absolute atomic E-state index is 0.362. The van der Waals surface area contributed by atoms with Crippen molar-refractivity contribution in [2.24, 2.45) is 5.92 Å². The van der Waals surface area contributed by atoms with Crippen molar-refractivity contribution in [1.82, 2.24) is 5.32 Å². The van der Waals surface area contributed by atoms with Crippen molar-refractivity contribution in [2.45, 2.75) is 136 Å². The smallest absolute Gasteiger partial charge is 0.336 e. The highest BCUT2D eigenvalue weighted by Crippen LogP contribution is 2.21. The van der Waals surface area contributed by atoms with E-state index >= 15 is 0 Å². The lowest BCUT2D eigenvalue weighted by Gasteiger charge is -2.25. The number of rotatable bonds is 24. The summed E-state index contributed by atoms with van der Waals surface area (Å²) in [7, 11) is 0. The molecule has 0 saturated heterocycles. The summed E-state index contributed by atoms with van der Waals surface area (Å²) in [5.41, 5.74) is 0.216. The van der Waals surface area contributed by atoms with Gasteiger partial charge in [0.1, 0.15) is 5.78 Å². The fraction of sp³-hybridized carbons (Fsp3) is 0.676. The lowest BCUT2D eigenvalue weighted by atomic mass is 9.87. The van der Waals surface area contributed by atoms with Crippen LogP contribution in [0.5, 0.6) is 0 Å². The van der Waals surface area contributed by atoms with Gasteiger partial charge in [-0.05, 0) is 63.0 Å². The Morgan fingerprint density at radius 3 is 1.90 bits per heavy atom. The Morgan fingerprint density at radius 2 is 1.32 bits per heavy atom. The van der Waals surface area contributed by atoms with Gasteiger partial charge in [0.15, 0.2) is 5.60 Å². The average molecular weight is 558 g/mol. The van der Waals surface area contributed by atoms with Crippen LogP contribution in [0, 0.1) is 5.92 Å². The number of ketones is 1. The van der Waals surface area contributed by atoms with Crippen LogP contribution in [0.4, 0.5) is 0 Å². The van der Waals surface area contributed by atoms with Crippen molar-refractivity contribution in [2.75, 3.05) is 6.54 Å². The molecule has 1 amide bonds. The summed E-state index contributed by atoms with van der Waals surface area (Å²) in [5.74, 6) is -2.74. The third kappa shape index (κ3) is 15.4. The zero-order valence-electron chi connectivity index (χ0n) is 25.4. The minimum Gasteiger partial charge on any atom is -0.479 e. The van der Waals surface area contributed by atoms with Crippen molar-refractivity contribution in [3.8, 4) is 0 Å². The molecule has 1 aromatic rings. The lowest BCUT2D eigenvalue weighted by molar-refractivity contribution is -0.163. The first-order valence-corrected chi connectivity index (χ1v) is 15.7. The van der Waals surface area contributed by atoms with Gasteiger partial charge in [0.2, 0.25) is 5.91 Å². The molecular formula is C34H55NO5. The number of aliphatic carboxylic acids is 1. The van der Waals surface area contributed by atoms with Gasteiger partial charge in [0, 0.05) is 19.4 Å². The summed E-state index contributed by atoms with van der Waals surface area (Å²) >= 11 is 0. The second-order valence-corrected chi connectivity index (χ2v) is 11.3. The number of benzene rings is 1. The largest absolute Gasteiger partial charge is 0.479 e. The van der Waals surface area contributed by atoms with E-state index in [0.29, 0.717) is 38.0 Å². The van der Waals surface area contributed by atoms with Crippen LogP contribution in [0.15, 0.2) is 36.4 Å². The van der Waals surface area contributed by atoms with Crippen molar-refractivity contribution < 1.29 is 24.6 Å². The summed E-state index contributed by atoms with van der Waals surface area (Å²) < 4.78 is 0. The SMILES string of the molecule is CCCCCCCC(=O)CCCCCCC=C[C@H](C(=O)NCCc1ccc(CCCCC)cc1)[C@](C)(O)C(=O)O. The van der Waals surface area contributed by atoms with Gasteiger partial charge < -0.3 is 15.5 Å². The number of nitrogens with one attached hydrogen (secondary N) is 1. The molecule has 40 heavy (non-hydrogen) atoms. The van der Waals surface area contributed by atoms with Crippen LogP contribution < -0.4 is 5.32 Å². The number of allylic oxidation sites excluding steroid dienone is 1. The molecule has 6 nitrogen and oxygen atoms in total. The van der Waals surface area contributed by atoms with Gasteiger partial charge in [-0.2, -0.15) is 0 Å². The number of carboxylic acid groups (broad SMARTS) is 1. The molecule has 0 fully saturated rings. The second-order valence-electron chi connectivity index (χ2n) is 11.3. The van der Waals surface area contributed by atoms with Gasteiger partial charge in [-0.15, -0.1) is 0 Å². The summed E-state index contributed by atoms with van der Waals surface area (Å²) in [6, 6.07) is 8.40. The van der Waals surface area contributed by atoms with Gasteiger partial charge in [-0.3, -0.25) is 9.59 Å². The van der Waals surface area contributed by atoms with Crippen LogP contribution in [0.3, 0.4) is 0 Å². The second kappa shape index (κ2) is 21.3. The lowest BCUT2D eigenvalue weighted by Crippen LogP contribution is -2.49. The van der Waals surface area contributed by atoms with Crippen LogP contribution >= 0.6 is 0 Å². The van der Waals surface area contributed by atoms with E-state index in [2.05, 4.69) is 43.4 Å². The summed E-state index contributed by atoms with van der Waals surface area (Å²) in [6.45, 7) is 5.92. The first-order chi connectivity index (χ1) is 19.2. The monoisotopic (exact) mass is 557 g/mol. The van der Waals surface area contributed by atoms with E-state index in [1.165, 1.54) is 57.1 Å². The zero-order valence-corrected chi connectivity index (χ0v) is 25.4. The third-order valence-corrected chi connectivity index (χ3v) is 7.59. The maximum Gasteiger partial charge on any atom is 0.336 e. The van der Waals surface area contributed by atoms with Gasteiger partial charge >= 0.3 is 5.97 Å². The van der Waals surface area contributed by atoms with Crippen LogP contribution in [0.2, 0.25) is 0 Å². The standard InChI is InChI=1S/C34H55NO5/c1-4-6-8-11-15-19-30(36)20-16-12-9-10-13-17-21-31(34(3,40)33(38)39)32(37)35-27-26-29-24-22-28(23-25-29)18-14-7-5-2/h17,21-25,31,40H,4-16,18-20,26-27H2,1-3H3,(H,35,37)(H,38,39)/t31-,34+/m1/s1. The molecule has 3 N–H and O–H groups in total. The maximum absolute atomic E-state index is 12.9. The molecular weight excluding hydrogens is 502 g/mol. The van der Waals surface area contributed by atoms with Gasteiger partial charge in [0.25, 0.3) is 0 Å². The number of aryl methyl sites for hydroxylation is 1. The van der Waals surface area contributed by atoms with E-state index < -0.39 is 23.4 Å². The molecule has 0 aliphatic heterocycles. The Hall–Kier alpha value is -2.47. The molecule has 226 valence electrons. The molecule has 0 aromatic heterocycles. The average Bonchev–Trinajstić information content (AvgIpc) is 2.92. The maximum atomic E-state index is 12.9. The molecule has 0 saturated carbocycles. The van der Waals surface area contributed by atoms with E-state index in [1.54, 1.807) is 6.08 Å². The van der Waals surface area contributed by atoms with Crippen LogP contribution in [-0.2, 0) is 27.2 Å². The highest BCUT2D eigenvalue weighted by atomic mass is 16.4. The molecule has 0 bridgehead atoms. The molecule has 1 rings (SSSR count). The molecule has 0 spiro atoms. The molecule has 1 aromatic carbocycles. The normalized spacial score (nSPS) is 13.7. The van der Waals surface area contributed by atoms with Gasteiger partial charge in [-0.25, -0.2) is 4.79 Å². The fourth-order valence-corrected chi connectivity index (χ4v) is 4.78. The van der Waals surface area contributed by atoms with Gasteiger partial charge in [-0.1, -0.05) is 102 Å². The number of hydrogen-bond acceptors (Lipinski definition) is 4. The molecule has 2 atom stereocenters. The van der Waals surface area contributed by atoms with Crippen LogP contribution in [-0.4, -0.2) is 40.0 Å². The highest BCUT2D eigenvalue weighted by Gasteiger charge is 2.42. The number of carboxylic acids is 1. The molecule has 0 radical (unpaired) electrons. The Kier molecular flexibility index (Phi) is 18.9. The van der Waals surface area contributed by atoms with E-state index in [-0.39, 0.29) is 0 Å². The number of carbonyl (C=O) groups is 3. The molecule has 0 aliphatic rings. The zero-order chi connectivity index (χ0) is 29.6. The minimum atomic E-state index is -2.20. The molecule has 0 heterocycles. The van der Waals surface area contributed by atoms with E-state index in [4.69, 9.17) is 0 Å². The number of Topliss-reactive ketones (excluding diaryl/α,β-unsaturated/α-hetero) is 1. The van der Waals surface area contributed by atoms with E-state index in [0.717, 1.165) is 50.5 Å². The predicted molar refractivity (Wildman–Crippen MR) is 163 cm³/mol. The Balaban J connectivity index is 2.40.